The lowest BCUT2D eigenvalue weighted by atomic mass is 9.93. The van der Waals surface area contributed by atoms with E-state index in [9.17, 15) is 0 Å². The molecule has 0 fully saturated rings. The Hall–Kier alpha value is -4.19. The summed E-state index contributed by atoms with van der Waals surface area (Å²) >= 11 is 0. The molecule has 156 valence electrons. The van der Waals surface area contributed by atoms with Crippen molar-refractivity contribution in [2.24, 2.45) is 0 Å². The van der Waals surface area contributed by atoms with Crippen molar-refractivity contribution in [3.8, 4) is 11.1 Å². The molecule has 6 nitrogen and oxygen atoms in total. The largest absolute Gasteiger partial charge is 0.256 e. The summed E-state index contributed by atoms with van der Waals surface area (Å²) in [4.78, 5) is 9.16. The molecule has 0 aliphatic heterocycles. The van der Waals surface area contributed by atoms with Gasteiger partial charge in [0.1, 0.15) is 0 Å². The summed E-state index contributed by atoms with van der Waals surface area (Å²) in [5.74, 6) is 0.929. The van der Waals surface area contributed by atoms with Crippen molar-refractivity contribution in [3.63, 3.8) is 0 Å². The van der Waals surface area contributed by atoms with Gasteiger partial charge in [-0.25, -0.2) is 0 Å². The molecule has 0 bridgehead atoms. The van der Waals surface area contributed by atoms with Crippen molar-refractivity contribution in [2.75, 3.05) is 0 Å². The maximum absolute atomic E-state index is 4.68. The number of hydrogen-bond donors (Lipinski definition) is 1. The van der Waals surface area contributed by atoms with Crippen LogP contribution in [0.2, 0.25) is 0 Å². The highest BCUT2D eigenvalue weighted by molar-refractivity contribution is 5.95. The van der Waals surface area contributed by atoms with Crippen LogP contribution >= 0.6 is 0 Å². The molecule has 0 amide bonds. The van der Waals surface area contributed by atoms with Gasteiger partial charge in [0.15, 0.2) is 0 Å². The van der Waals surface area contributed by atoms with Gasteiger partial charge >= 0.3 is 0 Å². The molecule has 0 saturated heterocycles. The first kappa shape index (κ1) is 19.8. The SMILES string of the molecule is CC(C)c1cc(-c2cccc(/C=C(/c3ccccn3)c3nn[nH]n3)c2)c2ncccc2c1. The Morgan fingerprint density at radius 1 is 0.906 bits per heavy atom. The monoisotopic (exact) mass is 418 g/mol. The molecule has 3 aromatic heterocycles. The quantitative estimate of drug-likeness (QED) is 0.406. The van der Waals surface area contributed by atoms with E-state index in [0.29, 0.717) is 11.7 Å². The van der Waals surface area contributed by atoms with E-state index in [1.54, 1.807) is 6.20 Å². The van der Waals surface area contributed by atoms with Gasteiger partial charge in [-0.1, -0.05) is 44.2 Å². The first-order valence-electron chi connectivity index (χ1n) is 10.5. The maximum atomic E-state index is 4.68. The zero-order valence-electron chi connectivity index (χ0n) is 17.9. The molecule has 2 aromatic carbocycles. The van der Waals surface area contributed by atoms with Crippen molar-refractivity contribution in [1.82, 2.24) is 30.6 Å². The number of aromatic nitrogens is 6. The Morgan fingerprint density at radius 3 is 2.59 bits per heavy atom. The Labute approximate surface area is 186 Å². The minimum absolute atomic E-state index is 0.426. The summed E-state index contributed by atoms with van der Waals surface area (Å²) < 4.78 is 0. The Morgan fingerprint density at radius 2 is 1.81 bits per heavy atom. The van der Waals surface area contributed by atoms with Crippen LogP contribution in [0.4, 0.5) is 0 Å². The highest BCUT2D eigenvalue weighted by Gasteiger charge is 2.13. The number of fused-ring (bicyclic) bond motifs is 1. The first-order valence-corrected chi connectivity index (χ1v) is 10.5. The Bertz CT molecular complexity index is 1390. The Balaban J connectivity index is 1.66. The number of pyridine rings is 2. The minimum Gasteiger partial charge on any atom is -0.256 e. The van der Waals surface area contributed by atoms with E-state index in [4.69, 9.17) is 0 Å². The van der Waals surface area contributed by atoms with E-state index < -0.39 is 0 Å². The predicted molar refractivity (Wildman–Crippen MR) is 127 cm³/mol. The number of benzene rings is 2. The molecule has 0 unspecified atom stereocenters. The van der Waals surface area contributed by atoms with Gasteiger partial charge in [-0.15, -0.1) is 10.2 Å². The Kier molecular flexibility index (Phi) is 5.25. The lowest BCUT2D eigenvalue weighted by Gasteiger charge is -2.13. The second-order valence-corrected chi connectivity index (χ2v) is 7.93. The average molecular weight is 419 g/mol. The van der Waals surface area contributed by atoms with Gasteiger partial charge in [-0.3, -0.25) is 9.97 Å². The summed E-state index contributed by atoms with van der Waals surface area (Å²) in [6, 6.07) is 22.8. The number of rotatable bonds is 5. The normalized spacial score (nSPS) is 11.9. The van der Waals surface area contributed by atoms with Gasteiger partial charge in [0.2, 0.25) is 5.82 Å². The third-order valence-electron chi connectivity index (χ3n) is 5.43. The fourth-order valence-electron chi connectivity index (χ4n) is 3.78. The van der Waals surface area contributed by atoms with Crippen LogP contribution in [0.5, 0.6) is 0 Å². The lowest BCUT2D eigenvalue weighted by Crippen LogP contribution is -1.95. The van der Waals surface area contributed by atoms with Crippen LogP contribution in [0.3, 0.4) is 0 Å². The van der Waals surface area contributed by atoms with Crippen molar-refractivity contribution in [3.05, 3.63) is 102 Å². The maximum Gasteiger partial charge on any atom is 0.206 e. The third kappa shape index (κ3) is 3.90. The molecule has 0 radical (unpaired) electrons. The van der Waals surface area contributed by atoms with Crippen LogP contribution in [-0.4, -0.2) is 30.6 Å². The second kappa shape index (κ2) is 8.51. The van der Waals surface area contributed by atoms with Gasteiger partial charge in [-0.2, -0.15) is 5.21 Å². The average Bonchev–Trinajstić information content (AvgIpc) is 3.37. The van der Waals surface area contributed by atoms with Crippen molar-refractivity contribution < 1.29 is 0 Å². The van der Waals surface area contributed by atoms with Crippen LogP contribution in [0, 0.1) is 0 Å². The van der Waals surface area contributed by atoms with Gasteiger partial charge in [0.25, 0.3) is 0 Å². The molecule has 0 aliphatic carbocycles. The van der Waals surface area contributed by atoms with Crippen LogP contribution < -0.4 is 0 Å². The summed E-state index contributed by atoms with van der Waals surface area (Å²) in [5.41, 5.74) is 7.14. The van der Waals surface area contributed by atoms with Crippen LogP contribution in [0.15, 0.2) is 79.1 Å². The number of H-pyrrole nitrogens is 1. The molecule has 5 aromatic rings. The van der Waals surface area contributed by atoms with Crippen LogP contribution in [-0.2, 0) is 0 Å². The summed E-state index contributed by atoms with van der Waals surface area (Å²) in [6.45, 7) is 4.43. The molecule has 1 N–H and O–H groups in total. The highest BCUT2D eigenvalue weighted by atomic mass is 15.5. The zero-order valence-corrected chi connectivity index (χ0v) is 17.9. The molecule has 6 heteroatoms. The van der Waals surface area contributed by atoms with Crippen molar-refractivity contribution in [2.45, 2.75) is 19.8 Å². The van der Waals surface area contributed by atoms with E-state index in [0.717, 1.165) is 38.9 Å². The number of nitrogens with one attached hydrogen (secondary N) is 1. The number of nitrogens with zero attached hydrogens (tertiary/aromatic N) is 5. The number of hydrogen-bond acceptors (Lipinski definition) is 5. The molecule has 0 spiro atoms. The smallest absolute Gasteiger partial charge is 0.206 e. The van der Waals surface area contributed by atoms with Crippen molar-refractivity contribution >= 4 is 22.6 Å². The molecule has 5 rings (SSSR count). The predicted octanol–water partition coefficient (Wildman–Crippen LogP) is 5.52. The van der Waals surface area contributed by atoms with Gasteiger partial charge in [-0.05, 0) is 70.3 Å². The molecule has 0 aliphatic rings. The van der Waals surface area contributed by atoms with E-state index >= 15 is 0 Å². The first-order chi connectivity index (χ1) is 15.7. The molecule has 0 saturated carbocycles. The number of tetrazole rings is 1. The molecule has 3 heterocycles. The van der Waals surface area contributed by atoms with Crippen LogP contribution in [0.1, 0.15) is 42.4 Å². The van der Waals surface area contributed by atoms with Crippen LogP contribution in [0.25, 0.3) is 33.7 Å². The standard InChI is InChI=1S/C26H22N6/c1-17(2)21-15-20-9-6-12-28-25(20)22(16-21)19-8-5-7-18(13-19)14-23(26-29-31-32-30-26)24-10-3-4-11-27-24/h3-17H,1-2H3,(H,29,30,31,32)/b23-14-. The molecule has 0 atom stereocenters. The summed E-state index contributed by atoms with van der Waals surface area (Å²) in [5, 5.41) is 15.8. The van der Waals surface area contributed by atoms with E-state index in [1.165, 1.54) is 5.56 Å². The fourth-order valence-corrected chi connectivity index (χ4v) is 3.78. The summed E-state index contributed by atoms with van der Waals surface area (Å²) in [7, 11) is 0. The number of aromatic amines is 1. The van der Waals surface area contributed by atoms with E-state index in [2.05, 4.69) is 86.9 Å². The molecule has 32 heavy (non-hydrogen) atoms. The van der Waals surface area contributed by atoms with Gasteiger partial charge in [0.05, 0.1) is 11.2 Å². The summed E-state index contributed by atoms with van der Waals surface area (Å²) in [6.07, 6.45) is 5.65. The van der Waals surface area contributed by atoms with E-state index in [-0.39, 0.29) is 0 Å². The van der Waals surface area contributed by atoms with Gasteiger partial charge in [0, 0.05) is 28.9 Å². The molecular weight excluding hydrogens is 396 g/mol. The van der Waals surface area contributed by atoms with Crippen molar-refractivity contribution in [1.29, 1.82) is 0 Å². The minimum atomic E-state index is 0.426. The molecular formula is C26H22N6. The second-order valence-electron chi connectivity index (χ2n) is 7.93. The highest BCUT2D eigenvalue weighted by Crippen LogP contribution is 2.32. The topological polar surface area (TPSA) is 80.2 Å². The van der Waals surface area contributed by atoms with E-state index in [1.807, 2.05) is 36.5 Å². The zero-order chi connectivity index (χ0) is 21.9. The lowest BCUT2D eigenvalue weighted by molar-refractivity contribution is 0.869. The third-order valence-corrected chi connectivity index (χ3v) is 5.43. The van der Waals surface area contributed by atoms with Gasteiger partial charge < -0.3 is 0 Å². The fraction of sp³-hybridized carbons (Fsp3) is 0.115.